The summed E-state index contributed by atoms with van der Waals surface area (Å²) in [5, 5.41) is 8.81. The van der Waals surface area contributed by atoms with Crippen molar-refractivity contribution in [1.29, 1.82) is 0 Å². The lowest BCUT2D eigenvalue weighted by Crippen LogP contribution is -2.36. The second-order valence-electron chi connectivity index (χ2n) is 3.64. The van der Waals surface area contributed by atoms with Gasteiger partial charge in [-0.05, 0) is 12.1 Å². The molecule has 1 aromatic heterocycles. The SMILES string of the molecule is Nc1ccc2c3c(sc2c1)NCNC3N. The monoisotopic (exact) mass is 220 g/mol. The van der Waals surface area contributed by atoms with E-state index in [2.05, 4.69) is 10.6 Å². The fourth-order valence-electron chi connectivity index (χ4n) is 1.92. The van der Waals surface area contributed by atoms with Crippen molar-refractivity contribution in [2.24, 2.45) is 5.73 Å². The Morgan fingerprint density at radius 1 is 1.40 bits per heavy atom. The first-order valence-corrected chi connectivity index (χ1v) is 5.62. The molecule has 1 aliphatic rings. The zero-order valence-electron chi connectivity index (χ0n) is 8.08. The van der Waals surface area contributed by atoms with Crippen LogP contribution in [0.4, 0.5) is 10.7 Å². The van der Waals surface area contributed by atoms with Gasteiger partial charge in [-0.25, -0.2) is 0 Å². The van der Waals surface area contributed by atoms with Crippen LogP contribution in [-0.2, 0) is 0 Å². The molecule has 0 aliphatic carbocycles. The Morgan fingerprint density at radius 3 is 3.13 bits per heavy atom. The number of benzene rings is 1. The highest BCUT2D eigenvalue weighted by Gasteiger charge is 2.21. The van der Waals surface area contributed by atoms with Gasteiger partial charge in [0.1, 0.15) is 0 Å². The minimum absolute atomic E-state index is 0.0846. The van der Waals surface area contributed by atoms with Gasteiger partial charge >= 0.3 is 0 Å². The van der Waals surface area contributed by atoms with Gasteiger partial charge in [-0.2, -0.15) is 0 Å². The van der Waals surface area contributed by atoms with E-state index >= 15 is 0 Å². The molecule has 6 N–H and O–H groups in total. The van der Waals surface area contributed by atoms with Crippen LogP contribution in [0.3, 0.4) is 0 Å². The second-order valence-corrected chi connectivity index (χ2v) is 4.69. The van der Waals surface area contributed by atoms with Crippen LogP contribution in [0.15, 0.2) is 18.2 Å². The quantitative estimate of drug-likeness (QED) is 0.506. The molecule has 2 heterocycles. The molecule has 0 saturated heterocycles. The number of hydrogen-bond acceptors (Lipinski definition) is 5. The highest BCUT2D eigenvalue weighted by Crippen LogP contribution is 2.40. The molecule has 5 heteroatoms. The Labute approximate surface area is 91.3 Å². The molecule has 1 atom stereocenters. The van der Waals surface area contributed by atoms with E-state index in [1.54, 1.807) is 11.3 Å². The summed E-state index contributed by atoms with van der Waals surface area (Å²) in [5.74, 6) is 0. The zero-order chi connectivity index (χ0) is 10.4. The second kappa shape index (κ2) is 3.10. The van der Waals surface area contributed by atoms with E-state index in [-0.39, 0.29) is 6.17 Å². The average molecular weight is 220 g/mol. The molecule has 78 valence electrons. The van der Waals surface area contributed by atoms with E-state index in [0.29, 0.717) is 0 Å². The molecule has 2 aromatic rings. The van der Waals surface area contributed by atoms with Crippen LogP contribution < -0.4 is 22.1 Å². The number of fused-ring (bicyclic) bond motifs is 3. The summed E-state index contributed by atoms with van der Waals surface area (Å²) in [6, 6.07) is 5.94. The Kier molecular flexibility index (Phi) is 1.85. The summed E-state index contributed by atoms with van der Waals surface area (Å²) in [6.07, 6.45) is -0.0846. The lowest BCUT2D eigenvalue weighted by molar-refractivity contribution is 0.567. The van der Waals surface area contributed by atoms with Gasteiger partial charge in [0.25, 0.3) is 0 Å². The average Bonchev–Trinajstić information content (AvgIpc) is 2.56. The molecule has 4 nitrogen and oxygen atoms in total. The van der Waals surface area contributed by atoms with Crippen molar-refractivity contribution in [2.45, 2.75) is 6.17 Å². The third kappa shape index (κ3) is 1.28. The summed E-state index contributed by atoms with van der Waals surface area (Å²) in [6.45, 7) is 0.719. The fraction of sp³-hybridized carbons (Fsp3) is 0.200. The molecule has 0 amide bonds. The van der Waals surface area contributed by atoms with E-state index < -0.39 is 0 Å². The normalized spacial score (nSPS) is 19.9. The van der Waals surface area contributed by atoms with Crippen LogP contribution in [0.2, 0.25) is 0 Å². The third-order valence-corrected chi connectivity index (χ3v) is 3.76. The zero-order valence-corrected chi connectivity index (χ0v) is 8.90. The van der Waals surface area contributed by atoms with Crippen LogP contribution in [0.1, 0.15) is 11.7 Å². The Bertz CT molecular complexity index is 519. The molecule has 0 bridgehead atoms. The predicted molar refractivity (Wildman–Crippen MR) is 64.8 cm³/mol. The van der Waals surface area contributed by atoms with E-state index in [9.17, 15) is 0 Å². The topological polar surface area (TPSA) is 76.1 Å². The van der Waals surface area contributed by atoms with Gasteiger partial charge in [-0.15, -0.1) is 11.3 Å². The molecule has 1 unspecified atom stereocenters. The van der Waals surface area contributed by atoms with E-state index in [1.807, 2.05) is 18.2 Å². The number of nitrogens with two attached hydrogens (primary N) is 2. The number of rotatable bonds is 0. The van der Waals surface area contributed by atoms with Gasteiger partial charge in [-0.3, -0.25) is 5.32 Å². The number of hydrogen-bond donors (Lipinski definition) is 4. The van der Waals surface area contributed by atoms with E-state index in [0.717, 1.165) is 22.9 Å². The first kappa shape index (κ1) is 8.96. The third-order valence-electron chi connectivity index (χ3n) is 2.63. The minimum Gasteiger partial charge on any atom is -0.399 e. The first-order chi connectivity index (χ1) is 7.25. The molecule has 0 fully saturated rings. The number of nitrogen functional groups attached to an aromatic ring is 1. The van der Waals surface area contributed by atoms with Crippen molar-refractivity contribution in [2.75, 3.05) is 17.7 Å². The van der Waals surface area contributed by atoms with Crippen LogP contribution >= 0.6 is 11.3 Å². The summed E-state index contributed by atoms with van der Waals surface area (Å²) >= 11 is 1.71. The van der Waals surface area contributed by atoms with E-state index in [4.69, 9.17) is 11.5 Å². The highest BCUT2D eigenvalue weighted by molar-refractivity contribution is 7.23. The predicted octanol–water partition coefficient (Wildman–Crippen LogP) is 1.41. The lowest BCUT2D eigenvalue weighted by atomic mass is 10.1. The van der Waals surface area contributed by atoms with Gasteiger partial charge in [0.2, 0.25) is 0 Å². The van der Waals surface area contributed by atoms with Crippen molar-refractivity contribution in [1.82, 2.24) is 5.32 Å². The standard InChI is InChI=1S/C10H12N4S/c11-5-1-2-6-7(3-5)15-10-8(6)9(12)13-4-14-10/h1-3,9,13-14H,4,11-12H2. The molecule has 1 aliphatic heterocycles. The van der Waals surface area contributed by atoms with Gasteiger partial charge in [0.05, 0.1) is 17.8 Å². The fourth-order valence-corrected chi connectivity index (χ4v) is 3.11. The van der Waals surface area contributed by atoms with E-state index in [1.165, 1.54) is 10.1 Å². The number of nitrogens with one attached hydrogen (secondary N) is 2. The Morgan fingerprint density at radius 2 is 2.27 bits per heavy atom. The van der Waals surface area contributed by atoms with Crippen LogP contribution in [0, 0.1) is 0 Å². The summed E-state index contributed by atoms with van der Waals surface area (Å²) < 4.78 is 1.19. The Hall–Kier alpha value is -1.30. The largest absolute Gasteiger partial charge is 0.399 e. The van der Waals surface area contributed by atoms with Crippen LogP contribution in [0.25, 0.3) is 10.1 Å². The maximum atomic E-state index is 6.02. The van der Waals surface area contributed by atoms with Crippen molar-refractivity contribution >= 4 is 32.1 Å². The van der Waals surface area contributed by atoms with Crippen molar-refractivity contribution in [3.8, 4) is 0 Å². The smallest absolute Gasteiger partial charge is 0.0967 e. The summed E-state index contributed by atoms with van der Waals surface area (Å²) in [5.41, 5.74) is 13.7. The van der Waals surface area contributed by atoms with Crippen molar-refractivity contribution < 1.29 is 0 Å². The molecular formula is C10H12N4S. The van der Waals surface area contributed by atoms with Crippen LogP contribution in [-0.4, -0.2) is 6.67 Å². The lowest BCUT2D eigenvalue weighted by Gasteiger charge is -2.22. The summed E-state index contributed by atoms with van der Waals surface area (Å²) in [7, 11) is 0. The van der Waals surface area contributed by atoms with Crippen LogP contribution in [0.5, 0.6) is 0 Å². The minimum atomic E-state index is -0.0846. The molecule has 1 aromatic carbocycles. The first-order valence-electron chi connectivity index (χ1n) is 4.80. The molecule has 15 heavy (non-hydrogen) atoms. The van der Waals surface area contributed by atoms with Gasteiger partial charge in [-0.1, -0.05) is 6.07 Å². The van der Waals surface area contributed by atoms with Gasteiger partial charge < -0.3 is 16.8 Å². The number of anilines is 2. The van der Waals surface area contributed by atoms with Gasteiger partial charge in [0, 0.05) is 21.3 Å². The van der Waals surface area contributed by atoms with Crippen molar-refractivity contribution in [3.63, 3.8) is 0 Å². The highest BCUT2D eigenvalue weighted by atomic mass is 32.1. The number of thiophene rings is 1. The molecular weight excluding hydrogens is 208 g/mol. The molecule has 0 radical (unpaired) electrons. The molecule has 3 rings (SSSR count). The molecule has 0 spiro atoms. The Balaban J connectivity index is 2.32. The molecule has 0 saturated carbocycles. The maximum Gasteiger partial charge on any atom is 0.0967 e. The van der Waals surface area contributed by atoms with Crippen molar-refractivity contribution in [3.05, 3.63) is 23.8 Å². The maximum absolute atomic E-state index is 6.02. The summed E-state index contributed by atoms with van der Waals surface area (Å²) in [4.78, 5) is 0. The van der Waals surface area contributed by atoms with Gasteiger partial charge in [0.15, 0.2) is 0 Å².